The summed E-state index contributed by atoms with van der Waals surface area (Å²) in [6.45, 7) is 3.54. The molecule has 1 fully saturated rings. The van der Waals surface area contributed by atoms with Crippen LogP contribution in [0.5, 0.6) is 0 Å². The molecule has 4 nitrogen and oxygen atoms in total. The molecule has 1 aliphatic carbocycles. The second kappa shape index (κ2) is 6.85. The summed E-state index contributed by atoms with van der Waals surface area (Å²) in [6.07, 6.45) is 1.57. The van der Waals surface area contributed by atoms with Gasteiger partial charge in [0.1, 0.15) is 0 Å². The number of nitrogens with two attached hydrogens (primary N) is 1. The summed E-state index contributed by atoms with van der Waals surface area (Å²) in [5, 5.41) is 11.6. The Morgan fingerprint density at radius 2 is 1.83 bits per heavy atom. The van der Waals surface area contributed by atoms with Crippen molar-refractivity contribution in [2.45, 2.75) is 43.4 Å². The molecule has 1 aliphatic rings. The van der Waals surface area contributed by atoms with Crippen molar-refractivity contribution in [3.8, 4) is 17.9 Å². The maximum Gasteiger partial charge on any atom is 0.171 e. The Bertz CT molecular complexity index is 1330. The maximum absolute atomic E-state index is 13.0. The molecule has 0 spiro atoms. The molecule has 4 rings (SSSR count). The van der Waals surface area contributed by atoms with E-state index in [1.165, 1.54) is 0 Å². The zero-order valence-electron chi connectivity index (χ0n) is 16.5. The van der Waals surface area contributed by atoms with Gasteiger partial charge < -0.3 is 5.73 Å². The average Bonchev–Trinajstić information content (AvgIpc) is 2.97. The van der Waals surface area contributed by atoms with Crippen LogP contribution in [-0.4, -0.2) is 18.9 Å². The summed E-state index contributed by atoms with van der Waals surface area (Å²) in [5.41, 5.74) is 7.15. The van der Waals surface area contributed by atoms with E-state index in [9.17, 15) is 13.7 Å². The van der Waals surface area contributed by atoms with E-state index in [-0.39, 0.29) is 5.75 Å². The second-order valence-electron chi connectivity index (χ2n) is 8.04. The van der Waals surface area contributed by atoms with Crippen LogP contribution in [-0.2, 0) is 15.4 Å². The van der Waals surface area contributed by atoms with Crippen LogP contribution >= 0.6 is 11.3 Å². The first-order valence-electron chi connectivity index (χ1n) is 9.53. The monoisotopic (exact) mass is 422 g/mol. The normalized spacial score (nSPS) is 17.7. The fraction of sp³-hybridized carbons (Fsp3) is 0.348. The van der Waals surface area contributed by atoms with Crippen molar-refractivity contribution in [1.29, 1.82) is 5.26 Å². The smallest absolute Gasteiger partial charge is 0.171 e. The standard InChI is InChI=1S/C23H22N2O2S2/c1-3-5-16-6-8-20-18(12-16)19-13-17(7-9-21(19)28-20)22(2,25)15-29(26,27)23(14-24)10-4-11-23/h6-9,12-13H,4,10-11,15,25H2,1-2H3/t22-/m0/s1. The Morgan fingerprint density at radius 3 is 2.41 bits per heavy atom. The summed E-state index contributed by atoms with van der Waals surface area (Å²) in [7, 11) is -3.64. The van der Waals surface area contributed by atoms with Gasteiger partial charge in [0.05, 0.1) is 17.4 Å². The number of thiophene rings is 1. The minimum Gasteiger partial charge on any atom is -0.321 e. The zero-order valence-corrected chi connectivity index (χ0v) is 18.1. The highest BCUT2D eigenvalue weighted by molar-refractivity contribution is 7.93. The molecule has 0 saturated heterocycles. The van der Waals surface area contributed by atoms with Gasteiger partial charge in [-0.15, -0.1) is 17.3 Å². The first kappa shape index (κ1) is 19.9. The minimum atomic E-state index is -3.64. The van der Waals surface area contributed by atoms with Crippen molar-refractivity contribution >= 4 is 41.3 Å². The molecule has 3 aromatic rings. The molecule has 0 aliphatic heterocycles. The molecular weight excluding hydrogens is 400 g/mol. The molecule has 148 valence electrons. The lowest BCUT2D eigenvalue weighted by molar-refractivity contribution is 0.399. The number of nitriles is 1. The molecule has 1 aromatic heterocycles. The summed E-state index contributed by atoms with van der Waals surface area (Å²) in [6, 6.07) is 14.1. The number of nitrogens with zero attached hydrogens (tertiary/aromatic N) is 1. The Labute approximate surface area is 175 Å². The fourth-order valence-corrected chi connectivity index (χ4v) is 7.31. The van der Waals surface area contributed by atoms with Gasteiger partial charge in [-0.1, -0.05) is 12.0 Å². The number of fused-ring (bicyclic) bond motifs is 3. The van der Waals surface area contributed by atoms with E-state index >= 15 is 0 Å². The number of rotatable bonds is 4. The van der Waals surface area contributed by atoms with Crippen LogP contribution in [0, 0.1) is 23.2 Å². The quantitative estimate of drug-likeness (QED) is 0.629. The summed E-state index contributed by atoms with van der Waals surface area (Å²) in [4.78, 5) is 0. The van der Waals surface area contributed by atoms with Crippen LogP contribution in [0.15, 0.2) is 36.4 Å². The Morgan fingerprint density at radius 1 is 1.17 bits per heavy atom. The Kier molecular flexibility index (Phi) is 4.70. The predicted molar refractivity (Wildman–Crippen MR) is 119 cm³/mol. The largest absolute Gasteiger partial charge is 0.321 e. The number of benzene rings is 2. The van der Waals surface area contributed by atoms with Crippen molar-refractivity contribution in [1.82, 2.24) is 0 Å². The molecule has 0 bridgehead atoms. The second-order valence-corrected chi connectivity index (χ2v) is 11.4. The summed E-state index contributed by atoms with van der Waals surface area (Å²) < 4.78 is 27.0. The topological polar surface area (TPSA) is 84.0 Å². The third-order valence-corrected chi connectivity index (χ3v) is 9.67. The first-order valence-corrected chi connectivity index (χ1v) is 12.0. The molecule has 1 saturated carbocycles. The van der Waals surface area contributed by atoms with Crippen LogP contribution in [0.4, 0.5) is 0 Å². The maximum atomic E-state index is 13.0. The third kappa shape index (κ3) is 3.22. The molecule has 0 amide bonds. The first-order chi connectivity index (χ1) is 13.7. The van der Waals surface area contributed by atoms with E-state index < -0.39 is 20.1 Å². The van der Waals surface area contributed by atoms with E-state index in [4.69, 9.17) is 5.73 Å². The van der Waals surface area contributed by atoms with Crippen LogP contribution in [0.3, 0.4) is 0 Å². The van der Waals surface area contributed by atoms with Gasteiger partial charge in [0, 0.05) is 25.7 Å². The van der Waals surface area contributed by atoms with Crippen molar-refractivity contribution in [2.75, 3.05) is 5.75 Å². The van der Waals surface area contributed by atoms with Crippen LogP contribution in [0.25, 0.3) is 20.2 Å². The number of sulfone groups is 1. The van der Waals surface area contributed by atoms with Crippen molar-refractivity contribution in [2.24, 2.45) is 5.73 Å². The lowest BCUT2D eigenvalue weighted by atomic mass is 9.86. The average molecular weight is 423 g/mol. The van der Waals surface area contributed by atoms with Crippen LogP contribution in [0.1, 0.15) is 44.2 Å². The number of hydrogen-bond acceptors (Lipinski definition) is 5. The Hall–Kier alpha value is -2.38. The molecule has 0 radical (unpaired) electrons. The predicted octanol–water partition coefficient (Wildman–Crippen LogP) is 4.46. The van der Waals surface area contributed by atoms with Crippen molar-refractivity contribution in [3.05, 3.63) is 47.5 Å². The SMILES string of the molecule is CC#Cc1ccc2sc3ccc([C@@](C)(N)CS(=O)(=O)C4(C#N)CCC4)cc3c2c1. The van der Waals surface area contributed by atoms with Gasteiger partial charge in [-0.3, -0.25) is 0 Å². The minimum absolute atomic E-state index is 0.242. The van der Waals surface area contributed by atoms with E-state index in [2.05, 4.69) is 24.0 Å². The molecule has 1 heterocycles. The summed E-state index contributed by atoms with van der Waals surface area (Å²) in [5.74, 6) is 5.76. The van der Waals surface area contributed by atoms with Gasteiger partial charge in [-0.2, -0.15) is 5.26 Å². The van der Waals surface area contributed by atoms with E-state index in [1.807, 2.05) is 37.3 Å². The third-order valence-electron chi connectivity index (χ3n) is 5.85. The van der Waals surface area contributed by atoms with Gasteiger partial charge in [-0.25, -0.2) is 8.42 Å². The molecule has 2 N–H and O–H groups in total. The van der Waals surface area contributed by atoms with Crippen molar-refractivity contribution in [3.63, 3.8) is 0 Å². The highest BCUT2D eigenvalue weighted by Crippen LogP contribution is 2.42. The van der Waals surface area contributed by atoms with E-state index in [0.29, 0.717) is 12.8 Å². The Balaban J connectivity index is 1.78. The molecule has 0 unspecified atom stereocenters. The van der Waals surface area contributed by atoms with E-state index in [0.717, 1.165) is 37.7 Å². The lowest BCUT2D eigenvalue weighted by Gasteiger charge is -2.37. The van der Waals surface area contributed by atoms with Gasteiger partial charge >= 0.3 is 0 Å². The van der Waals surface area contributed by atoms with Crippen LogP contribution < -0.4 is 5.73 Å². The van der Waals surface area contributed by atoms with Gasteiger partial charge in [0.15, 0.2) is 14.6 Å². The molecule has 29 heavy (non-hydrogen) atoms. The van der Waals surface area contributed by atoms with Gasteiger partial charge in [0.2, 0.25) is 0 Å². The highest BCUT2D eigenvalue weighted by atomic mass is 32.2. The van der Waals surface area contributed by atoms with Crippen molar-refractivity contribution < 1.29 is 8.42 Å². The molecular formula is C23H22N2O2S2. The fourth-order valence-electron chi connectivity index (χ4n) is 3.96. The molecule has 6 heteroatoms. The lowest BCUT2D eigenvalue weighted by Crippen LogP contribution is -2.51. The van der Waals surface area contributed by atoms with Gasteiger partial charge in [0.25, 0.3) is 0 Å². The van der Waals surface area contributed by atoms with Gasteiger partial charge in [-0.05, 0) is 69.0 Å². The number of hydrogen-bond donors (Lipinski definition) is 1. The molecule has 2 aromatic carbocycles. The summed E-state index contributed by atoms with van der Waals surface area (Å²) >= 11 is 1.69. The zero-order chi connectivity index (χ0) is 20.9. The van der Waals surface area contributed by atoms with Crippen LogP contribution in [0.2, 0.25) is 0 Å². The van der Waals surface area contributed by atoms with E-state index in [1.54, 1.807) is 18.3 Å². The molecule has 1 atom stereocenters. The highest BCUT2D eigenvalue weighted by Gasteiger charge is 2.51.